The molecule has 0 bridgehead atoms. The molecule has 0 aliphatic heterocycles. The van der Waals surface area contributed by atoms with Crippen molar-refractivity contribution in [3.8, 4) is 11.5 Å². The van der Waals surface area contributed by atoms with Crippen molar-refractivity contribution in [2.45, 2.75) is 20.3 Å². The lowest BCUT2D eigenvalue weighted by Crippen LogP contribution is -2.25. The van der Waals surface area contributed by atoms with Crippen LogP contribution in [-0.4, -0.2) is 38.8 Å². The molecule has 0 N–H and O–H groups in total. The van der Waals surface area contributed by atoms with Crippen molar-refractivity contribution in [1.29, 1.82) is 0 Å². The molecule has 4 heteroatoms. The van der Waals surface area contributed by atoms with Crippen molar-refractivity contribution in [2.75, 3.05) is 33.9 Å². The molecule has 0 amide bonds. The zero-order chi connectivity index (χ0) is 15.2. The average Bonchev–Trinajstić information content (AvgIpc) is 2.54. The quantitative estimate of drug-likeness (QED) is 0.763. The lowest BCUT2D eigenvalue weighted by molar-refractivity contribution is 0.308. The van der Waals surface area contributed by atoms with E-state index in [1.54, 1.807) is 14.2 Å². The second-order valence-corrected chi connectivity index (χ2v) is 5.09. The lowest BCUT2D eigenvalue weighted by Gasteiger charge is -2.19. The van der Waals surface area contributed by atoms with E-state index in [4.69, 9.17) is 9.47 Å². The van der Waals surface area contributed by atoms with Crippen LogP contribution in [0.1, 0.15) is 19.4 Å². The minimum absolute atomic E-state index is 0. The Labute approximate surface area is 139 Å². The zero-order valence-corrected chi connectivity index (χ0v) is 14.7. The highest BCUT2D eigenvalue weighted by Crippen LogP contribution is 2.35. The summed E-state index contributed by atoms with van der Waals surface area (Å²) >= 11 is 0. The van der Waals surface area contributed by atoms with Crippen LogP contribution in [0, 0.1) is 0 Å². The van der Waals surface area contributed by atoms with Crippen molar-refractivity contribution in [3.05, 3.63) is 35.9 Å². The summed E-state index contributed by atoms with van der Waals surface area (Å²) in [5, 5.41) is 2.29. The maximum atomic E-state index is 5.56. The first-order chi connectivity index (χ1) is 10.2. The standard InChI is InChI=1S/C18H25NO2.ClH/c1-5-19(6-2)13-12-14-10-11-16(20-3)15-8-7-9-17(21-4)18(14)15;/h7-11H,5-6,12-13H2,1-4H3;1H. The summed E-state index contributed by atoms with van der Waals surface area (Å²) in [4.78, 5) is 2.44. The second-order valence-electron chi connectivity index (χ2n) is 5.09. The normalized spacial score (nSPS) is 10.6. The van der Waals surface area contributed by atoms with E-state index in [2.05, 4.69) is 36.9 Å². The van der Waals surface area contributed by atoms with Gasteiger partial charge in [0.05, 0.1) is 14.2 Å². The largest absolute Gasteiger partial charge is 0.496 e. The summed E-state index contributed by atoms with van der Waals surface area (Å²) < 4.78 is 11.0. The van der Waals surface area contributed by atoms with Crippen LogP contribution in [0.5, 0.6) is 11.5 Å². The van der Waals surface area contributed by atoms with Gasteiger partial charge in [-0.05, 0) is 37.2 Å². The Morgan fingerprint density at radius 1 is 0.909 bits per heavy atom. The Morgan fingerprint density at radius 3 is 2.18 bits per heavy atom. The molecule has 2 aromatic carbocycles. The smallest absolute Gasteiger partial charge is 0.127 e. The van der Waals surface area contributed by atoms with Gasteiger partial charge in [-0.2, -0.15) is 0 Å². The Bertz CT molecular complexity index is 597. The van der Waals surface area contributed by atoms with Crippen LogP contribution in [0.25, 0.3) is 10.8 Å². The fraction of sp³-hybridized carbons (Fsp3) is 0.444. The van der Waals surface area contributed by atoms with Gasteiger partial charge in [-0.3, -0.25) is 0 Å². The van der Waals surface area contributed by atoms with Crippen LogP contribution in [0.2, 0.25) is 0 Å². The first kappa shape index (κ1) is 18.6. The van der Waals surface area contributed by atoms with E-state index in [1.165, 1.54) is 10.9 Å². The highest BCUT2D eigenvalue weighted by molar-refractivity contribution is 5.95. The number of benzene rings is 2. The van der Waals surface area contributed by atoms with Crippen LogP contribution >= 0.6 is 12.4 Å². The summed E-state index contributed by atoms with van der Waals surface area (Å²) in [5.41, 5.74) is 1.31. The monoisotopic (exact) mass is 323 g/mol. The summed E-state index contributed by atoms with van der Waals surface area (Å²) in [5.74, 6) is 1.82. The number of methoxy groups -OCH3 is 2. The van der Waals surface area contributed by atoms with E-state index in [0.717, 1.165) is 42.9 Å². The topological polar surface area (TPSA) is 21.7 Å². The molecule has 0 radical (unpaired) electrons. The number of hydrogen-bond acceptors (Lipinski definition) is 3. The predicted molar refractivity (Wildman–Crippen MR) is 95.8 cm³/mol. The average molecular weight is 324 g/mol. The van der Waals surface area contributed by atoms with Crippen molar-refractivity contribution < 1.29 is 9.47 Å². The van der Waals surface area contributed by atoms with E-state index < -0.39 is 0 Å². The van der Waals surface area contributed by atoms with Crippen LogP contribution in [0.3, 0.4) is 0 Å². The third-order valence-corrected chi connectivity index (χ3v) is 4.08. The van der Waals surface area contributed by atoms with Crippen LogP contribution in [-0.2, 0) is 6.42 Å². The first-order valence-electron chi connectivity index (χ1n) is 7.60. The Hall–Kier alpha value is -1.45. The minimum atomic E-state index is 0. The highest BCUT2D eigenvalue weighted by Gasteiger charge is 2.12. The van der Waals surface area contributed by atoms with Gasteiger partial charge in [0, 0.05) is 17.3 Å². The van der Waals surface area contributed by atoms with Crippen molar-refractivity contribution in [2.24, 2.45) is 0 Å². The minimum Gasteiger partial charge on any atom is -0.496 e. The van der Waals surface area contributed by atoms with Gasteiger partial charge in [-0.25, -0.2) is 0 Å². The molecule has 2 rings (SSSR count). The Kier molecular flexibility index (Phi) is 7.49. The summed E-state index contributed by atoms with van der Waals surface area (Å²) in [6.45, 7) is 7.64. The van der Waals surface area contributed by atoms with Gasteiger partial charge < -0.3 is 14.4 Å². The molecule has 0 saturated heterocycles. The number of fused-ring (bicyclic) bond motifs is 1. The Balaban J connectivity index is 0.00000242. The second kappa shape index (κ2) is 8.86. The third kappa shape index (κ3) is 3.84. The van der Waals surface area contributed by atoms with Crippen molar-refractivity contribution in [3.63, 3.8) is 0 Å². The molecule has 2 aromatic rings. The molecular formula is C18H26ClNO2. The van der Waals surface area contributed by atoms with Gasteiger partial charge >= 0.3 is 0 Å². The van der Waals surface area contributed by atoms with E-state index in [-0.39, 0.29) is 12.4 Å². The third-order valence-electron chi connectivity index (χ3n) is 4.08. The molecule has 0 aliphatic rings. The van der Waals surface area contributed by atoms with E-state index in [9.17, 15) is 0 Å². The van der Waals surface area contributed by atoms with Crippen molar-refractivity contribution >= 4 is 23.2 Å². The molecule has 0 fully saturated rings. The van der Waals surface area contributed by atoms with Crippen LogP contribution in [0.4, 0.5) is 0 Å². The van der Waals surface area contributed by atoms with Gasteiger partial charge in [-0.15, -0.1) is 12.4 Å². The number of likely N-dealkylation sites (N-methyl/N-ethyl adjacent to an activating group) is 1. The summed E-state index contributed by atoms with van der Waals surface area (Å²) in [6, 6.07) is 10.3. The molecule has 0 unspecified atom stereocenters. The van der Waals surface area contributed by atoms with Crippen molar-refractivity contribution in [1.82, 2.24) is 4.90 Å². The molecule has 0 saturated carbocycles. The lowest BCUT2D eigenvalue weighted by atomic mass is 10.00. The fourth-order valence-electron chi connectivity index (χ4n) is 2.79. The summed E-state index contributed by atoms with van der Waals surface area (Å²) in [7, 11) is 3.44. The molecule has 0 spiro atoms. The molecule has 0 aliphatic carbocycles. The molecule has 0 atom stereocenters. The van der Waals surface area contributed by atoms with E-state index in [0.29, 0.717) is 0 Å². The fourth-order valence-corrected chi connectivity index (χ4v) is 2.79. The number of halogens is 1. The van der Waals surface area contributed by atoms with Gasteiger partial charge in [0.15, 0.2) is 0 Å². The first-order valence-corrected chi connectivity index (χ1v) is 7.60. The molecule has 22 heavy (non-hydrogen) atoms. The zero-order valence-electron chi connectivity index (χ0n) is 13.9. The van der Waals surface area contributed by atoms with Crippen LogP contribution in [0.15, 0.2) is 30.3 Å². The van der Waals surface area contributed by atoms with Gasteiger partial charge in [0.2, 0.25) is 0 Å². The maximum absolute atomic E-state index is 5.56. The van der Waals surface area contributed by atoms with Gasteiger partial charge in [0.25, 0.3) is 0 Å². The molecule has 0 heterocycles. The number of rotatable bonds is 7. The molecular weight excluding hydrogens is 298 g/mol. The molecule has 3 nitrogen and oxygen atoms in total. The van der Waals surface area contributed by atoms with E-state index in [1.807, 2.05) is 12.1 Å². The number of ether oxygens (including phenoxy) is 2. The van der Waals surface area contributed by atoms with Gasteiger partial charge in [0.1, 0.15) is 11.5 Å². The molecule has 122 valence electrons. The highest BCUT2D eigenvalue weighted by atomic mass is 35.5. The number of hydrogen-bond donors (Lipinski definition) is 0. The number of nitrogens with zero attached hydrogens (tertiary/aromatic N) is 1. The predicted octanol–water partition coefficient (Wildman–Crippen LogP) is 4.16. The molecule has 0 aromatic heterocycles. The SMILES string of the molecule is CCN(CC)CCc1ccc(OC)c2cccc(OC)c12.Cl. The van der Waals surface area contributed by atoms with Crippen LogP contribution < -0.4 is 9.47 Å². The van der Waals surface area contributed by atoms with Gasteiger partial charge in [-0.1, -0.05) is 32.0 Å². The summed E-state index contributed by atoms with van der Waals surface area (Å²) in [6.07, 6.45) is 1.02. The van der Waals surface area contributed by atoms with E-state index >= 15 is 0 Å². The Morgan fingerprint density at radius 2 is 1.59 bits per heavy atom. The maximum Gasteiger partial charge on any atom is 0.127 e.